The van der Waals surface area contributed by atoms with Crippen molar-refractivity contribution in [2.75, 3.05) is 0 Å². The first-order valence-corrected chi connectivity index (χ1v) is 6.55. The molecular formula is C13H16Cl2O. The molecule has 16 heavy (non-hydrogen) atoms. The van der Waals surface area contributed by atoms with Crippen molar-refractivity contribution in [2.24, 2.45) is 5.92 Å². The molecule has 1 aromatic carbocycles. The van der Waals surface area contributed by atoms with Gasteiger partial charge in [0, 0.05) is 0 Å². The number of hydrogen-bond donors (Lipinski definition) is 1. The van der Waals surface area contributed by atoms with Gasteiger partial charge in [0.1, 0.15) is 0 Å². The molecule has 1 nitrogen and oxygen atoms in total. The smallest absolute Gasteiger partial charge is 0.0624 e. The maximum Gasteiger partial charge on any atom is 0.0624 e. The van der Waals surface area contributed by atoms with Crippen molar-refractivity contribution in [3.05, 3.63) is 33.8 Å². The molecule has 0 heterocycles. The Bertz CT molecular complexity index is 365. The first kappa shape index (κ1) is 12.2. The van der Waals surface area contributed by atoms with E-state index in [2.05, 4.69) is 0 Å². The van der Waals surface area contributed by atoms with Crippen molar-refractivity contribution in [2.45, 2.75) is 38.2 Å². The minimum absolute atomic E-state index is 0.177. The van der Waals surface area contributed by atoms with Gasteiger partial charge in [-0.2, -0.15) is 0 Å². The summed E-state index contributed by atoms with van der Waals surface area (Å²) in [6, 6.07) is 5.71. The van der Waals surface area contributed by atoms with Gasteiger partial charge in [0.05, 0.1) is 16.1 Å². The standard InChI is InChI=1S/C13H16Cl2O/c14-11-6-3-5-10(13(11)15)8-9-4-1-2-7-12(9)16/h3,5-6,9,12,16H,1-2,4,7-8H2. The third-order valence-corrected chi connectivity index (χ3v) is 4.24. The van der Waals surface area contributed by atoms with Crippen molar-refractivity contribution in [3.8, 4) is 0 Å². The Kier molecular flexibility index (Phi) is 4.12. The van der Waals surface area contributed by atoms with Crippen molar-refractivity contribution >= 4 is 23.2 Å². The fraction of sp³-hybridized carbons (Fsp3) is 0.538. The molecule has 1 saturated carbocycles. The van der Waals surface area contributed by atoms with E-state index in [9.17, 15) is 5.11 Å². The number of rotatable bonds is 2. The summed E-state index contributed by atoms with van der Waals surface area (Å²) in [5.74, 6) is 0.338. The number of halogens is 2. The van der Waals surface area contributed by atoms with Gasteiger partial charge in [-0.05, 0) is 36.8 Å². The monoisotopic (exact) mass is 258 g/mol. The van der Waals surface area contributed by atoms with E-state index in [1.807, 2.05) is 12.1 Å². The molecule has 0 spiro atoms. The van der Waals surface area contributed by atoms with Crippen LogP contribution in [0.4, 0.5) is 0 Å². The highest BCUT2D eigenvalue weighted by molar-refractivity contribution is 6.42. The summed E-state index contributed by atoms with van der Waals surface area (Å²) in [7, 11) is 0. The Morgan fingerprint density at radius 3 is 2.69 bits per heavy atom. The first-order valence-electron chi connectivity index (χ1n) is 5.79. The number of benzene rings is 1. The molecule has 1 N–H and O–H groups in total. The summed E-state index contributed by atoms with van der Waals surface area (Å²) in [4.78, 5) is 0. The molecule has 1 aromatic rings. The lowest BCUT2D eigenvalue weighted by atomic mass is 9.82. The number of aliphatic hydroxyl groups is 1. The first-order chi connectivity index (χ1) is 7.68. The number of hydrogen-bond acceptors (Lipinski definition) is 1. The van der Waals surface area contributed by atoms with E-state index in [0.717, 1.165) is 31.2 Å². The summed E-state index contributed by atoms with van der Waals surface area (Å²) < 4.78 is 0. The third kappa shape index (κ3) is 2.71. The summed E-state index contributed by atoms with van der Waals surface area (Å²) in [5, 5.41) is 11.2. The van der Waals surface area contributed by atoms with E-state index >= 15 is 0 Å². The Morgan fingerprint density at radius 1 is 1.19 bits per heavy atom. The van der Waals surface area contributed by atoms with Crippen LogP contribution >= 0.6 is 23.2 Å². The molecule has 0 aromatic heterocycles. The molecule has 2 unspecified atom stereocenters. The van der Waals surface area contributed by atoms with Crippen LogP contribution in [0.2, 0.25) is 10.0 Å². The van der Waals surface area contributed by atoms with Crippen LogP contribution in [0.5, 0.6) is 0 Å². The maximum atomic E-state index is 9.91. The van der Waals surface area contributed by atoms with Crippen LogP contribution in [0.15, 0.2) is 18.2 Å². The second-order valence-electron chi connectivity index (χ2n) is 4.53. The molecule has 1 aliphatic rings. The third-order valence-electron chi connectivity index (χ3n) is 3.38. The van der Waals surface area contributed by atoms with Crippen molar-refractivity contribution in [3.63, 3.8) is 0 Å². The van der Waals surface area contributed by atoms with E-state index in [1.54, 1.807) is 6.07 Å². The van der Waals surface area contributed by atoms with Gasteiger partial charge in [-0.25, -0.2) is 0 Å². The minimum Gasteiger partial charge on any atom is -0.393 e. The molecule has 3 heteroatoms. The van der Waals surface area contributed by atoms with Gasteiger partial charge in [0.15, 0.2) is 0 Å². The average Bonchev–Trinajstić information content (AvgIpc) is 2.28. The normalized spacial score (nSPS) is 25.7. The molecule has 0 amide bonds. The highest BCUT2D eigenvalue weighted by atomic mass is 35.5. The molecular weight excluding hydrogens is 243 g/mol. The van der Waals surface area contributed by atoms with Crippen LogP contribution < -0.4 is 0 Å². The quantitative estimate of drug-likeness (QED) is 0.848. The molecule has 2 atom stereocenters. The molecule has 0 aliphatic heterocycles. The second kappa shape index (κ2) is 5.39. The summed E-state index contributed by atoms with van der Waals surface area (Å²) in [6.07, 6.45) is 5.01. The fourth-order valence-corrected chi connectivity index (χ4v) is 2.81. The predicted octanol–water partition coefficient (Wildman–Crippen LogP) is 4.09. The summed E-state index contributed by atoms with van der Waals surface area (Å²) >= 11 is 12.1. The lowest BCUT2D eigenvalue weighted by Crippen LogP contribution is -2.26. The summed E-state index contributed by atoms with van der Waals surface area (Å²) in [5.41, 5.74) is 1.06. The highest BCUT2D eigenvalue weighted by Gasteiger charge is 2.24. The molecule has 1 fully saturated rings. The Hall–Kier alpha value is -0.240. The molecule has 1 aliphatic carbocycles. The van der Waals surface area contributed by atoms with Gasteiger partial charge >= 0.3 is 0 Å². The van der Waals surface area contributed by atoms with Crippen LogP contribution in [0, 0.1) is 5.92 Å². The second-order valence-corrected chi connectivity index (χ2v) is 5.31. The zero-order chi connectivity index (χ0) is 11.5. The van der Waals surface area contributed by atoms with E-state index in [-0.39, 0.29) is 6.10 Å². The van der Waals surface area contributed by atoms with E-state index in [0.29, 0.717) is 16.0 Å². The number of aliphatic hydroxyl groups excluding tert-OH is 1. The van der Waals surface area contributed by atoms with Crippen LogP contribution in [0.3, 0.4) is 0 Å². The lowest BCUT2D eigenvalue weighted by molar-refractivity contribution is 0.0700. The Morgan fingerprint density at radius 2 is 1.94 bits per heavy atom. The van der Waals surface area contributed by atoms with Crippen LogP contribution in [0.1, 0.15) is 31.2 Å². The topological polar surface area (TPSA) is 20.2 Å². The molecule has 2 rings (SSSR count). The predicted molar refractivity (Wildman–Crippen MR) is 68.1 cm³/mol. The van der Waals surface area contributed by atoms with Crippen molar-refractivity contribution < 1.29 is 5.11 Å². The molecule has 0 bridgehead atoms. The Balaban J connectivity index is 2.10. The minimum atomic E-state index is -0.177. The van der Waals surface area contributed by atoms with E-state index in [4.69, 9.17) is 23.2 Å². The van der Waals surface area contributed by atoms with Gasteiger partial charge in [-0.3, -0.25) is 0 Å². The van der Waals surface area contributed by atoms with Gasteiger partial charge in [-0.15, -0.1) is 0 Å². The highest BCUT2D eigenvalue weighted by Crippen LogP contribution is 2.32. The SMILES string of the molecule is OC1CCCCC1Cc1cccc(Cl)c1Cl. The van der Waals surface area contributed by atoms with E-state index < -0.39 is 0 Å². The Labute approximate surface area is 106 Å². The summed E-state index contributed by atoms with van der Waals surface area (Å²) in [6.45, 7) is 0. The van der Waals surface area contributed by atoms with Crippen molar-refractivity contribution in [1.29, 1.82) is 0 Å². The lowest BCUT2D eigenvalue weighted by Gasteiger charge is -2.27. The van der Waals surface area contributed by atoms with Crippen LogP contribution in [0.25, 0.3) is 0 Å². The zero-order valence-corrected chi connectivity index (χ0v) is 10.6. The maximum absolute atomic E-state index is 9.91. The van der Waals surface area contributed by atoms with Crippen LogP contribution in [-0.2, 0) is 6.42 Å². The molecule has 88 valence electrons. The van der Waals surface area contributed by atoms with Gasteiger partial charge in [0.2, 0.25) is 0 Å². The van der Waals surface area contributed by atoms with Crippen LogP contribution in [-0.4, -0.2) is 11.2 Å². The van der Waals surface area contributed by atoms with Gasteiger partial charge in [0.25, 0.3) is 0 Å². The van der Waals surface area contributed by atoms with Gasteiger partial charge in [-0.1, -0.05) is 48.2 Å². The largest absolute Gasteiger partial charge is 0.393 e. The zero-order valence-electron chi connectivity index (χ0n) is 9.13. The molecule has 0 saturated heterocycles. The molecule has 0 radical (unpaired) electrons. The van der Waals surface area contributed by atoms with Crippen molar-refractivity contribution in [1.82, 2.24) is 0 Å². The van der Waals surface area contributed by atoms with Gasteiger partial charge < -0.3 is 5.11 Å². The average molecular weight is 259 g/mol. The fourth-order valence-electron chi connectivity index (χ4n) is 2.41. The van der Waals surface area contributed by atoms with E-state index in [1.165, 1.54) is 6.42 Å².